The van der Waals surface area contributed by atoms with E-state index in [9.17, 15) is 9.18 Å². The predicted octanol–water partition coefficient (Wildman–Crippen LogP) is 2.33. The lowest BCUT2D eigenvalue weighted by Gasteiger charge is -2.30. The molecule has 0 radical (unpaired) electrons. The van der Waals surface area contributed by atoms with Gasteiger partial charge in [0.2, 0.25) is 0 Å². The van der Waals surface area contributed by atoms with E-state index in [0.717, 1.165) is 18.4 Å². The summed E-state index contributed by atoms with van der Waals surface area (Å²) < 4.78 is 19.0. The van der Waals surface area contributed by atoms with Crippen LogP contribution in [0.2, 0.25) is 0 Å². The molecule has 0 saturated heterocycles. The first-order chi connectivity index (χ1) is 9.11. The number of carbonyl (C=O) groups is 1. The molecule has 100 valence electrons. The van der Waals surface area contributed by atoms with Gasteiger partial charge in [-0.05, 0) is 24.5 Å². The normalized spacial score (nSPS) is 17.8. The van der Waals surface area contributed by atoms with Gasteiger partial charge in [-0.15, -0.1) is 0 Å². The Morgan fingerprint density at radius 1 is 1.47 bits per heavy atom. The van der Waals surface area contributed by atoms with E-state index in [4.69, 9.17) is 9.84 Å². The number of anilines is 1. The fourth-order valence-corrected chi connectivity index (χ4v) is 2.46. The van der Waals surface area contributed by atoms with Crippen LogP contribution in [0.5, 0.6) is 5.75 Å². The van der Waals surface area contributed by atoms with Gasteiger partial charge in [0.05, 0.1) is 18.4 Å². The quantitative estimate of drug-likeness (QED) is 0.909. The molecule has 1 heterocycles. The largest absolute Gasteiger partial charge is 0.492 e. The summed E-state index contributed by atoms with van der Waals surface area (Å²) in [4.78, 5) is 13.0. The maximum atomic E-state index is 13.8. The highest BCUT2D eigenvalue weighted by atomic mass is 19.1. The summed E-state index contributed by atoms with van der Waals surface area (Å²) in [5.41, 5.74) is 1.80. The molecule has 1 aliphatic carbocycles. The topological polar surface area (TPSA) is 49.8 Å². The molecule has 4 nitrogen and oxygen atoms in total. The van der Waals surface area contributed by atoms with Crippen molar-refractivity contribution in [2.24, 2.45) is 0 Å². The Bertz CT molecular complexity index is 578. The molecule has 1 aromatic rings. The number of ether oxygens (including phenoxy) is 1. The molecule has 0 atom stereocenters. The molecule has 0 unspecified atom stereocenters. The third-order valence-electron chi connectivity index (χ3n) is 3.52. The highest BCUT2D eigenvalue weighted by Crippen LogP contribution is 2.44. The predicted molar refractivity (Wildman–Crippen MR) is 67.9 cm³/mol. The average molecular weight is 263 g/mol. The van der Waals surface area contributed by atoms with E-state index in [2.05, 4.69) is 0 Å². The Morgan fingerprint density at radius 2 is 2.21 bits per heavy atom. The van der Waals surface area contributed by atoms with E-state index < -0.39 is 11.8 Å². The Labute approximate surface area is 110 Å². The molecular formula is C14H14FNO3. The molecule has 1 N–H and O–H groups in total. The Hall–Kier alpha value is -2.04. The number of hydrogen-bond donors (Lipinski definition) is 1. The van der Waals surface area contributed by atoms with Gasteiger partial charge in [-0.2, -0.15) is 0 Å². The van der Waals surface area contributed by atoms with Crippen molar-refractivity contribution in [2.75, 3.05) is 12.0 Å². The van der Waals surface area contributed by atoms with Gasteiger partial charge in [0, 0.05) is 18.7 Å². The third kappa shape index (κ3) is 1.95. The second-order valence-corrected chi connectivity index (χ2v) is 4.86. The number of fused-ring (bicyclic) bond motifs is 1. The minimum Gasteiger partial charge on any atom is -0.492 e. The van der Waals surface area contributed by atoms with Crippen molar-refractivity contribution in [2.45, 2.75) is 25.3 Å². The van der Waals surface area contributed by atoms with Crippen molar-refractivity contribution in [1.29, 1.82) is 0 Å². The van der Waals surface area contributed by atoms with Crippen molar-refractivity contribution in [3.63, 3.8) is 0 Å². The van der Waals surface area contributed by atoms with Crippen LogP contribution in [0.25, 0.3) is 0 Å². The number of hydrogen-bond acceptors (Lipinski definition) is 3. The van der Waals surface area contributed by atoms with E-state index in [-0.39, 0.29) is 11.8 Å². The van der Waals surface area contributed by atoms with Crippen LogP contribution in [0.15, 0.2) is 23.9 Å². The standard InChI is InChI=1S/C14H14FNO3/c1-19-13-11(15)5-2-8-6-9(14(17)18)7-16(12(8)13)10-3-4-10/h2,5,7,10H,3-4,6H2,1H3,(H,17,18). The summed E-state index contributed by atoms with van der Waals surface area (Å²) in [6, 6.07) is 3.22. The molecular weight excluding hydrogens is 249 g/mol. The molecule has 2 aliphatic rings. The molecule has 3 rings (SSSR count). The Balaban J connectivity index is 2.14. The zero-order valence-electron chi connectivity index (χ0n) is 10.5. The number of carboxylic acids is 1. The van der Waals surface area contributed by atoms with Gasteiger partial charge in [-0.1, -0.05) is 6.07 Å². The number of methoxy groups -OCH3 is 1. The summed E-state index contributed by atoms with van der Waals surface area (Å²) in [5, 5.41) is 9.16. The first kappa shape index (κ1) is 12.0. The van der Waals surface area contributed by atoms with Crippen LogP contribution in [-0.2, 0) is 11.2 Å². The summed E-state index contributed by atoms with van der Waals surface area (Å²) in [7, 11) is 1.43. The van der Waals surface area contributed by atoms with E-state index in [1.54, 1.807) is 12.3 Å². The monoisotopic (exact) mass is 263 g/mol. The van der Waals surface area contributed by atoms with Gasteiger partial charge in [0.1, 0.15) is 0 Å². The highest BCUT2D eigenvalue weighted by molar-refractivity contribution is 5.90. The lowest BCUT2D eigenvalue weighted by molar-refractivity contribution is -0.132. The third-order valence-corrected chi connectivity index (χ3v) is 3.52. The van der Waals surface area contributed by atoms with E-state index in [1.165, 1.54) is 13.2 Å². The summed E-state index contributed by atoms with van der Waals surface area (Å²) in [6.45, 7) is 0. The molecule has 1 saturated carbocycles. The minimum absolute atomic E-state index is 0.199. The average Bonchev–Trinajstić information content (AvgIpc) is 3.21. The number of nitrogens with zero attached hydrogens (tertiary/aromatic N) is 1. The van der Waals surface area contributed by atoms with Crippen molar-refractivity contribution in [3.05, 3.63) is 35.3 Å². The van der Waals surface area contributed by atoms with Crippen LogP contribution < -0.4 is 9.64 Å². The molecule has 1 fully saturated rings. The highest BCUT2D eigenvalue weighted by Gasteiger charge is 2.35. The molecule has 1 aromatic carbocycles. The van der Waals surface area contributed by atoms with Crippen molar-refractivity contribution < 1.29 is 19.0 Å². The second-order valence-electron chi connectivity index (χ2n) is 4.86. The minimum atomic E-state index is -0.931. The van der Waals surface area contributed by atoms with Crippen molar-refractivity contribution in [1.82, 2.24) is 0 Å². The lowest BCUT2D eigenvalue weighted by atomic mass is 9.98. The first-order valence-electron chi connectivity index (χ1n) is 6.19. The lowest BCUT2D eigenvalue weighted by Crippen LogP contribution is -2.27. The van der Waals surface area contributed by atoms with Crippen LogP contribution in [0.3, 0.4) is 0 Å². The molecule has 5 heteroatoms. The van der Waals surface area contributed by atoms with Crippen LogP contribution in [0.1, 0.15) is 18.4 Å². The molecule has 0 bridgehead atoms. The molecule has 1 aliphatic heterocycles. The van der Waals surface area contributed by atoms with Crippen LogP contribution >= 0.6 is 0 Å². The smallest absolute Gasteiger partial charge is 0.333 e. The van der Waals surface area contributed by atoms with E-state index in [0.29, 0.717) is 17.7 Å². The maximum absolute atomic E-state index is 13.8. The molecule has 19 heavy (non-hydrogen) atoms. The number of benzene rings is 1. The van der Waals surface area contributed by atoms with Crippen molar-refractivity contribution >= 4 is 11.7 Å². The van der Waals surface area contributed by atoms with Gasteiger partial charge >= 0.3 is 5.97 Å². The molecule has 0 amide bonds. The van der Waals surface area contributed by atoms with E-state index in [1.807, 2.05) is 4.90 Å². The van der Waals surface area contributed by atoms with Gasteiger partial charge in [-0.3, -0.25) is 0 Å². The number of carboxylic acid groups (broad SMARTS) is 1. The Morgan fingerprint density at radius 3 is 2.79 bits per heavy atom. The number of rotatable bonds is 3. The SMILES string of the molecule is COc1c(F)ccc2c1N(C1CC1)C=C(C(=O)O)C2. The maximum Gasteiger partial charge on any atom is 0.333 e. The number of halogens is 1. The zero-order valence-corrected chi connectivity index (χ0v) is 10.5. The summed E-state index contributed by atoms with van der Waals surface area (Å²) in [5.74, 6) is -1.15. The van der Waals surface area contributed by atoms with Crippen LogP contribution in [0.4, 0.5) is 10.1 Å². The fourth-order valence-electron chi connectivity index (χ4n) is 2.46. The van der Waals surface area contributed by atoms with Crippen LogP contribution in [0, 0.1) is 5.82 Å². The van der Waals surface area contributed by atoms with Gasteiger partial charge < -0.3 is 14.7 Å². The first-order valence-corrected chi connectivity index (χ1v) is 6.19. The second kappa shape index (κ2) is 4.26. The summed E-state index contributed by atoms with van der Waals surface area (Å²) in [6.07, 6.45) is 3.89. The molecule has 0 aromatic heterocycles. The number of aliphatic carboxylic acids is 1. The fraction of sp³-hybridized carbons (Fsp3) is 0.357. The zero-order chi connectivity index (χ0) is 13.6. The van der Waals surface area contributed by atoms with Crippen LogP contribution in [-0.4, -0.2) is 24.2 Å². The van der Waals surface area contributed by atoms with Gasteiger partial charge in [0.25, 0.3) is 0 Å². The van der Waals surface area contributed by atoms with Gasteiger partial charge in [0.15, 0.2) is 11.6 Å². The molecule has 0 spiro atoms. The Kier molecular flexibility index (Phi) is 2.69. The van der Waals surface area contributed by atoms with E-state index >= 15 is 0 Å². The summed E-state index contributed by atoms with van der Waals surface area (Å²) >= 11 is 0. The van der Waals surface area contributed by atoms with Crippen molar-refractivity contribution in [3.8, 4) is 5.75 Å². The van der Waals surface area contributed by atoms with Gasteiger partial charge in [-0.25, -0.2) is 9.18 Å².